The number of anilines is 1. The van der Waals surface area contributed by atoms with Crippen LogP contribution in [-0.4, -0.2) is 23.0 Å². The molecule has 1 amide bonds. The van der Waals surface area contributed by atoms with E-state index in [1.54, 1.807) is 19.4 Å². The monoisotopic (exact) mass is 333 g/mol. The third-order valence-corrected chi connectivity index (χ3v) is 3.83. The average Bonchev–Trinajstić information content (AvgIpc) is 2.62. The first-order chi connectivity index (χ1) is 12.1. The molecule has 0 aliphatic rings. The van der Waals surface area contributed by atoms with Gasteiger partial charge in [-0.1, -0.05) is 29.8 Å². The van der Waals surface area contributed by atoms with Gasteiger partial charge in [0.05, 0.1) is 12.7 Å². The summed E-state index contributed by atoms with van der Waals surface area (Å²) in [4.78, 5) is 21.1. The molecule has 5 nitrogen and oxygen atoms in total. The standard InChI is InChI=1S/C20H19N3O2/c1-13-4-7-15(8-5-13)16-10-17(12-21-11-16)20(24)23-19-18(25-3)9-6-14(2)22-19/h4-12H,1-3H3,(H,22,23,24). The molecule has 0 saturated carbocycles. The van der Waals surface area contributed by atoms with Crippen molar-refractivity contribution in [2.45, 2.75) is 13.8 Å². The number of benzene rings is 1. The van der Waals surface area contributed by atoms with Crippen molar-refractivity contribution in [1.82, 2.24) is 9.97 Å². The third-order valence-electron chi connectivity index (χ3n) is 3.83. The zero-order valence-electron chi connectivity index (χ0n) is 14.4. The van der Waals surface area contributed by atoms with Crippen LogP contribution in [0.25, 0.3) is 11.1 Å². The Hall–Kier alpha value is -3.21. The Labute approximate surface area is 146 Å². The van der Waals surface area contributed by atoms with Gasteiger partial charge in [0.1, 0.15) is 0 Å². The second-order valence-electron chi connectivity index (χ2n) is 5.79. The maximum atomic E-state index is 12.6. The van der Waals surface area contributed by atoms with Crippen LogP contribution in [0.15, 0.2) is 54.9 Å². The van der Waals surface area contributed by atoms with Gasteiger partial charge >= 0.3 is 0 Å². The fourth-order valence-electron chi connectivity index (χ4n) is 2.45. The molecular weight excluding hydrogens is 314 g/mol. The summed E-state index contributed by atoms with van der Waals surface area (Å²) in [6.45, 7) is 3.89. The summed E-state index contributed by atoms with van der Waals surface area (Å²) >= 11 is 0. The van der Waals surface area contributed by atoms with E-state index < -0.39 is 0 Å². The van der Waals surface area contributed by atoms with Crippen molar-refractivity contribution in [2.75, 3.05) is 12.4 Å². The zero-order chi connectivity index (χ0) is 17.8. The number of rotatable bonds is 4. The molecule has 1 N–H and O–H groups in total. The van der Waals surface area contributed by atoms with Gasteiger partial charge in [-0.3, -0.25) is 9.78 Å². The smallest absolute Gasteiger partial charge is 0.258 e. The molecule has 5 heteroatoms. The first-order valence-corrected chi connectivity index (χ1v) is 7.92. The molecule has 25 heavy (non-hydrogen) atoms. The van der Waals surface area contributed by atoms with Crippen molar-refractivity contribution >= 4 is 11.7 Å². The molecule has 0 atom stereocenters. The van der Waals surface area contributed by atoms with Gasteiger partial charge in [-0.15, -0.1) is 0 Å². The van der Waals surface area contributed by atoms with E-state index in [1.165, 1.54) is 11.8 Å². The predicted octanol–water partition coefficient (Wildman–Crippen LogP) is 4.02. The quantitative estimate of drug-likeness (QED) is 0.783. The Bertz CT molecular complexity index is 905. The highest BCUT2D eigenvalue weighted by Gasteiger charge is 2.12. The summed E-state index contributed by atoms with van der Waals surface area (Å²) < 4.78 is 5.25. The van der Waals surface area contributed by atoms with E-state index in [-0.39, 0.29) is 5.91 Å². The van der Waals surface area contributed by atoms with Crippen molar-refractivity contribution in [2.24, 2.45) is 0 Å². The van der Waals surface area contributed by atoms with Crippen molar-refractivity contribution in [3.05, 3.63) is 71.7 Å². The average molecular weight is 333 g/mol. The van der Waals surface area contributed by atoms with Gasteiger partial charge in [0.2, 0.25) is 0 Å². The minimum absolute atomic E-state index is 0.280. The van der Waals surface area contributed by atoms with Gasteiger partial charge in [0.15, 0.2) is 11.6 Å². The summed E-state index contributed by atoms with van der Waals surface area (Å²) in [6.07, 6.45) is 3.28. The van der Waals surface area contributed by atoms with E-state index in [1.807, 2.05) is 50.2 Å². The van der Waals surface area contributed by atoms with Crippen LogP contribution in [0.3, 0.4) is 0 Å². The van der Waals surface area contributed by atoms with Gasteiger partial charge in [-0.05, 0) is 37.6 Å². The predicted molar refractivity (Wildman–Crippen MR) is 97.9 cm³/mol. The van der Waals surface area contributed by atoms with Gasteiger partial charge < -0.3 is 10.1 Å². The van der Waals surface area contributed by atoms with Gasteiger partial charge in [-0.25, -0.2) is 4.98 Å². The highest BCUT2D eigenvalue weighted by Crippen LogP contribution is 2.24. The third kappa shape index (κ3) is 3.83. The van der Waals surface area contributed by atoms with E-state index in [0.29, 0.717) is 17.1 Å². The Morgan fingerprint density at radius 3 is 2.48 bits per heavy atom. The molecule has 2 aromatic heterocycles. The topological polar surface area (TPSA) is 64.1 Å². The van der Waals surface area contributed by atoms with Crippen molar-refractivity contribution < 1.29 is 9.53 Å². The van der Waals surface area contributed by atoms with Crippen LogP contribution in [-0.2, 0) is 0 Å². The molecule has 1 aromatic carbocycles. The summed E-state index contributed by atoms with van der Waals surface area (Å²) in [5.41, 5.74) is 4.34. The largest absolute Gasteiger partial charge is 0.493 e. The van der Waals surface area contributed by atoms with Crippen LogP contribution in [0, 0.1) is 13.8 Å². The highest BCUT2D eigenvalue weighted by molar-refractivity contribution is 6.04. The summed E-state index contributed by atoms with van der Waals surface area (Å²) in [5, 5.41) is 2.79. The van der Waals surface area contributed by atoms with Crippen LogP contribution in [0.1, 0.15) is 21.6 Å². The number of methoxy groups -OCH3 is 1. The second-order valence-corrected chi connectivity index (χ2v) is 5.79. The highest BCUT2D eigenvalue weighted by atomic mass is 16.5. The molecule has 0 spiro atoms. The van der Waals surface area contributed by atoms with E-state index in [4.69, 9.17) is 4.74 Å². The number of carbonyl (C=O) groups excluding carboxylic acids is 1. The molecule has 0 aliphatic heterocycles. The number of amides is 1. The Morgan fingerprint density at radius 1 is 1.00 bits per heavy atom. The second kappa shape index (κ2) is 7.13. The number of aromatic nitrogens is 2. The van der Waals surface area contributed by atoms with Gasteiger partial charge in [0.25, 0.3) is 5.91 Å². The molecular formula is C20H19N3O2. The number of nitrogens with one attached hydrogen (secondary N) is 1. The molecule has 0 fully saturated rings. The lowest BCUT2D eigenvalue weighted by atomic mass is 10.0. The summed E-state index contributed by atoms with van der Waals surface area (Å²) in [7, 11) is 1.54. The molecule has 0 aliphatic carbocycles. The number of hydrogen-bond donors (Lipinski definition) is 1. The zero-order valence-corrected chi connectivity index (χ0v) is 14.4. The number of pyridine rings is 2. The lowest BCUT2D eigenvalue weighted by Crippen LogP contribution is -2.14. The number of aryl methyl sites for hydroxylation is 2. The first-order valence-electron chi connectivity index (χ1n) is 7.92. The first kappa shape index (κ1) is 16.6. The van der Waals surface area contributed by atoms with Gasteiger partial charge in [0, 0.05) is 23.7 Å². The van der Waals surface area contributed by atoms with Crippen molar-refractivity contribution in [3.8, 4) is 16.9 Å². The SMILES string of the molecule is COc1ccc(C)nc1NC(=O)c1cncc(-c2ccc(C)cc2)c1. The fraction of sp³-hybridized carbons (Fsp3) is 0.150. The van der Waals surface area contributed by atoms with Crippen molar-refractivity contribution in [1.29, 1.82) is 0 Å². The van der Waals surface area contributed by atoms with Crippen LogP contribution in [0.4, 0.5) is 5.82 Å². The number of carbonyl (C=O) groups is 1. The molecule has 0 radical (unpaired) electrons. The molecule has 0 saturated heterocycles. The van der Waals surface area contributed by atoms with Crippen LogP contribution >= 0.6 is 0 Å². The minimum atomic E-state index is -0.280. The van der Waals surface area contributed by atoms with E-state index in [2.05, 4.69) is 15.3 Å². The summed E-state index contributed by atoms with van der Waals surface area (Å²) in [6, 6.07) is 13.5. The molecule has 2 heterocycles. The Morgan fingerprint density at radius 2 is 1.76 bits per heavy atom. The maximum absolute atomic E-state index is 12.6. The van der Waals surface area contributed by atoms with E-state index in [0.717, 1.165) is 16.8 Å². The molecule has 3 rings (SSSR count). The van der Waals surface area contributed by atoms with Crippen LogP contribution in [0.2, 0.25) is 0 Å². The van der Waals surface area contributed by atoms with Crippen LogP contribution < -0.4 is 10.1 Å². The van der Waals surface area contributed by atoms with Gasteiger partial charge in [-0.2, -0.15) is 0 Å². The maximum Gasteiger partial charge on any atom is 0.258 e. The molecule has 0 bridgehead atoms. The number of hydrogen-bond acceptors (Lipinski definition) is 4. The van der Waals surface area contributed by atoms with Crippen LogP contribution in [0.5, 0.6) is 5.75 Å². The summed E-state index contributed by atoms with van der Waals surface area (Å²) in [5.74, 6) is 0.632. The normalized spacial score (nSPS) is 10.4. The van der Waals surface area contributed by atoms with E-state index >= 15 is 0 Å². The number of ether oxygens (including phenoxy) is 1. The molecule has 3 aromatic rings. The Balaban J connectivity index is 1.87. The Kier molecular flexibility index (Phi) is 4.75. The molecule has 0 unspecified atom stereocenters. The van der Waals surface area contributed by atoms with E-state index in [9.17, 15) is 4.79 Å². The fourth-order valence-corrected chi connectivity index (χ4v) is 2.45. The lowest BCUT2D eigenvalue weighted by Gasteiger charge is -2.10. The minimum Gasteiger partial charge on any atom is -0.493 e. The van der Waals surface area contributed by atoms with Crippen molar-refractivity contribution in [3.63, 3.8) is 0 Å². The molecule has 126 valence electrons. The number of nitrogens with zero attached hydrogens (tertiary/aromatic N) is 2. The lowest BCUT2D eigenvalue weighted by molar-refractivity contribution is 0.102.